The second-order valence-electron chi connectivity index (χ2n) is 7.54. The van der Waals surface area contributed by atoms with Gasteiger partial charge in [-0.05, 0) is 91.7 Å². The molecule has 0 aliphatic heterocycles. The van der Waals surface area contributed by atoms with E-state index in [4.69, 9.17) is 0 Å². The van der Waals surface area contributed by atoms with Crippen LogP contribution in [0.25, 0.3) is 16.3 Å². The first-order chi connectivity index (χ1) is 11.1. The van der Waals surface area contributed by atoms with Gasteiger partial charge in [0.2, 0.25) is 0 Å². The first-order valence-electron chi connectivity index (χ1n) is 8.66. The molecule has 0 saturated heterocycles. The fraction of sp³-hybridized carbons (Fsp3) is 0.429. The van der Waals surface area contributed by atoms with E-state index in [1.807, 2.05) is 6.07 Å². The quantitative estimate of drug-likeness (QED) is 0.761. The first-order valence-corrected chi connectivity index (χ1v) is 8.66. The summed E-state index contributed by atoms with van der Waals surface area (Å²) in [5, 5.41) is 2.13. The van der Waals surface area contributed by atoms with Crippen molar-refractivity contribution in [1.82, 2.24) is 4.90 Å². The van der Waals surface area contributed by atoms with Crippen molar-refractivity contribution >= 4 is 16.3 Å². The Balaban J connectivity index is 1.82. The zero-order chi connectivity index (χ0) is 16.0. The van der Waals surface area contributed by atoms with Crippen molar-refractivity contribution in [1.29, 1.82) is 0 Å². The van der Waals surface area contributed by atoms with Crippen LogP contribution in [0.5, 0.6) is 0 Å². The van der Waals surface area contributed by atoms with Crippen LogP contribution in [0.2, 0.25) is 0 Å². The van der Waals surface area contributed by atoms with Crippen LogP contribution in [-0.4, -0.2) is 25.5 Å². The molecule has 2 aromatic carbocycles. The monoisotopic (exact) mass is 309 g/mol. The Bertz CT molecular complexity index is 775. The summed E-state index contributed by atoms with van der Waals surface area (Å²) in [5.41, 5.74) is 4.56. The highest BCUT2D eigenvalue weighted by atomic mass is 19.1. The van der Waals surface area contributed by atoms with Crippen molar-refractivity contribution in [3.63, 3.8) is 0 Å². The summed E-state index contributed by atoms with van der Waals surface area (Å²) in [7, 11) is 4.31. The fourth-order valence-corrected chi connectivity index (χ4v) is 4.63. The molecule has 0 N–H and O–H groups in total. The van der Waals surface area contributed by atoms with Crippen molar-refractivity contribution in [2.24, 2.45) is 11.8 Å². The van der Waals surface area contributed by atoms with Gasteiger partial charge in [0.05, 0.1) is 0 Å². The molecule has 2 bridgehead atoms. The molecule has 2 aliphatic carbocycles. The molecule has 1 fully saturated rings. The minimum Gasteiger partial charge on any atom is -0.305 e. The molecule has 1 saturated carbocycles. The fourth-order valence-electron chi connectivity index (χ4n) is 4.63. The minimum absolute atomic E-state index is 0.158. The van der Waals surface area contributed by atoms with Crippen LogP contribution in [0.1, 0.15) is 31.2 Å². The molecule has 23 heavy (non-hydrogen) atoms. The lowest BCUT2D eigenvalue weighted by molar-refractivity contribution is 0.413. The van der Waals surface area contributed by atoms with Crippen LogP contribution in [-0.2, 0) is 0 Å². The molecule has 2 heteroatoms. The lowest BCUT2D eigenvalue weighted by Crippen LogP contribution is -2.21. The first kappa shape index (κ1) is 14.9. The van der Waals surface area contributed by atoms with E-state index >= 15 is 0 Å². The molecule has 1 nitrogen and oxygen atoms in total. The average Bonchev–Trinajstić information content (AvgIpc) is 2.88. The van der Waals surface area contributed by atoms with E-state index in [1.165, 1.54) is 31.2 Å². The van der Waals surface area contributed by atoms with E-state index in [2.05, 4.69) is 37.2 Å². The number of allylic oxidation sites excluding steroid dienone is 1. The van der Waals surface area contributed by atoms with Gasteiger partial charge in [-0.3, -0.25) is 0 Å². The Morgan fingerprint density at radius 3 is 2.65 bits per heavy atom. The highest BCUT2D eigenvalue weighted by Crippen LogP contribution is 2.49. The summed E-state index contributed by atoms with van der Waals surface area (Å²) in [6.45, 7) is 1.06. The van der Waals surface area contributed by atoms with Gasteiger partial charge in [-0.15, -0.1) is 0 Å². The number of fused-ring (bicyclic) bond motifs is 3. The number of halogens is 1. The Labute approximate surface area is 137 Å². The van der Waals surface area contributed by atoms with Crippen LogP contribution >= 0.6 is 0 Å². The van der Waals surface area contributed by atoms with Gasteiger partial charge in [-0.2, -0.15) is 0 Å². The van der Waals surface area contributed by atoms with Crippen molar-refractivity contribution in [2.45, 2.75) is 25.7 Å². The van der Waals surface area contributed by atoms with Crippen LogP contribution < -0.4 is 0 Å². The van der Waals surface area contributed by atoms with Crippen molar-refractivity contribution in [2.75, 3.05) is 20.6 Å². The molecule has 0 aromatic heterocycles. The third-order valence-electron chi connectivity index (χ3n) is 5.49. The second-order valence-corrected chi connectivity index (χ2v) is 7.54. The maximum atomic E-state index is 13.4. The predicted molar refractivity (Wildman–Crippen MR) is 94.8 cm³/mol. The molecule has 4 rings (SSSR count). The number of hydrogen-bond donors (Lipinski definition) is 0. The van der Waals surface area contributed by atoms with E-state index in [-0.39, 0.29) is 5.82 Å². The number of likely N-dealkylation sites (N-methyl/N-ethyl adjacent to an activating group) is 1. The van der Waals surface area contributed by atoms with Crippen molar-refractivity contribution in [3.05, 3.63) is 53.4 Å². The van der Waals surface area contributed by atoms with Gasteiger partial charge in [0.25, 0.3) is 0 Å². The highest BCUT2D eigenvalue weighted by Gasteiger charge is 2.35. The summed E-state index contributed by atoms with van der Waals surface area (Å²) >= 11 is 0. The van der Waals surface area contributed by atoms with E-state index in [0.717, 1.165) is 29.2 Å². The molecular formula is C21H24FN. The number of nitrogens with zero attached hydrogens (tertiary/aromatic N) is 1. The molecule has 0 spiro atoms. The smallest absolute Gasteiger partial charge is 0.123 e. The minimum atomic E-state index is -0.158. The second kappa shape index (κ2) is 5.76. The molecule has 0 heterocycles. The Hall–Kier alpha value is -1.67. The third kappa shape index (κ3) is 2.81. The summed E-state index contributed by atoms with van der Waals surface area (Å²) in [6, 6.07) is 11.6. The maximum absolute atomic E-state index is 13.4. The number of rotatable bonds is 3. The van der Waals surface area contributed by atoms with Crippen LogP contribution in [0.4, 0.5) is 4.39 Å². The van der Waals surface area contributed by atoms with Crippen molar-refractivity contribution in [3.8, 4) is 0 Å². The normalized spacial score (nSPS) is 24.0. The van der Waals surface area contributed by atoms with Crippen LogP contribution in [0.15, 0.2) is 42.0 Å². The number of benzene rings is 2. The maximum Gasteiger partial charge on any atom is 0.123 e. The molecule has 120 valence electrons. The Morgan fingerprint density at radius 1 is 1.04 bits per heavy atom. The predicted octanol–water partition coefficient (Wildman–Crippen LogP) is 5.11. The van der Waals surface area contributed by atoms with Crippen LogP contribution in [0, 0.1) is 17.7 Å². The molecule has 2 aromatic rings. The summed E-state index contributed by atoms with van der Waals surface area (Å²) in [6.07, 6.45) is 5.32. The Morgan fingerprint density at radius 2 is 1.83 bits per heavy atom. The molecule has 0 radical (unpaired) electrons. The van der Waals surface area contributed by atoms with E-state index < -0.39 is 0 Å². The largest absolute Gasteiger partial charge is 0.305 e. The van der Waals surface area contributed by atoms with Gasteiger partial charge in [0.15, 0.2) is 0 Å². The summed E-state index contributed by atoms with van der Waals surface area (Å²) in [5.74, 6) is 1.46. The van der Waals surface area contributed by atoms with E-state index in [1.54, 1.807) is 23.3 Å². The number of hydrogen-bond acceptors (Lipinski definition) is 1. The Kier molecular flexibility index (Phi) is 3.73. The molecule has 2 aliphatic rings. The van der Waals surface area contributed by atoms with Crippen molar-refractivity contribution < 1.29 is 4.39 Å². The van der Waals surface area contributed by atoms with Crippen LogP contribution in [0.3, 0.4) is 0 Å². The van der Waals surface area contributed by atoms with Gasteiger partial charge in [-0.1, -0.05) is 23.8 Å². The standard InChI is InChI=1S/C21H24FN/c1-23(2)13-19-10-14-3-4-17(9-14)21(19)18-6-5-16-12-20(22)8-7-15(16)11-18/h5-8,11-12,14,17H,3-4,9-10,13H2,1-2H3. The van der Waals surface area contributed by atoms with E-state index in [9.17, 15) is 4.39 Å². The summed E-state index contributed by atoms with van der Waals surface area (Å²) < 4.78 is 13.4. The topological polar surface area (TPSA) is 3.24 Å². The zero-order valence-corrected chi connectivity index (χ0v) is 14.0. The van der Waals surface area contributed by atoms with Gasteiger partial charge in [0.1, 0.15) is 5.82 Å². The molecule has 2 atom stereocenters. The molecular weight excluding hydrogens is 285 g/mol. The van der Waals surface area contributed by atoms with Gasteiger partial charge in [0, 0.05) is 6.54 Å². The third-order valence-corrected chi connectivity index (χ3v) is 5.49. The van der Waals surface area contributed by atoms with Gasteiger partial charge < -0.3 is 4.90 Å². The summed E-state index contributed by atoms with van der Waals surface area (Å²) in [4.78, 5) is 2.29. The molecule has 2 unspecified atom stereocenters. The molecule has 0 amide bonds. The van der Waals surface area contributed by atoms with Gasteiger partial charge in [-0.25, -0.2) is 4.39 Å². The highest BCUT2D eigenvalue weighted by molar-refractivity contribution is 5.87. The van der Waals surface area contributed by atoms with Gasteiger partial charge >= 0.3 is 0 Å². The lowest BCUT2D eigenvalue weighted by Gasteiger charge is -2.29. The SMILES string of the molecule is CN(C)CC1=C(c2ccc3cc(F)ccc3c2)C2CCC(C1)C2. The lowest BCUT2D eigenvalue weighted by atomic mass is 9.79. The average molecular weight is 309 g/mol. The zero-order valence-electron chi connectivity index (χ0n) is 14.0. The van der Waals surface area contributed by atoms with E-state index in [0.29, 0.717) is 0 Å².